The highest BCUT2D eigenvalue weighted by Gasteiger charge is 2.68. The summed E-state index contributed by atoms with van der Waals surface area (Å²) in [5.41, 5.74) is 1.32. The van der Waals surface area contributed by atoms with Gasteiger partial charge >= 0.3 is 17.9 Å². The molecule has 1 unspecified atom stereocenters. The van der Waals surface area contributed by atoms with Crippen LogP contribution in [-0.4, -0.2) is 36.9 Å². The summed E-state index contributed by atoms with van der Waals surface area (Å²) in [6.07, 6.45) is 5.69. The van der Waals surface area contributed by atoms with E-state index in [1.54, 1.807) is 32.4 Å². The van der Waals surface area contributed by atoms with E-state index in [0.717, 1.165) is 23.1 Å². The molecule has 0 spiro atoms. The van der Waals surface area contributed by atoms with Crippen molar-refractivity contribution in [3.05, 3.63) is 47.0 Å². The van der Waals surface area contributed by atoms with Crippen molar-refractivity contribution >= 4 is 23.7 Å². The second-order valence-corrected chi connectivity index (χ2v) is 13.0. The van der Waals surface area contributed by atoms with Crippen LogP contribution in [0.15, 0.2) is 45.8 Å². The van der Waals surface area contributed by atoms with Gasteiger partial charge in [-0.05, 0) is 56.6 Å². The third-order valence-corrected chi connectivity index (χ3v) is 10.8. The second-order valence-electron chi connectivity index (χ2n) is 13.0. The molecule has 1 aromatic heterocycles. The van der Waals surface area contributed by atoms with Gasteiger partial charge in [-0.3, -0.25) is 14.4 Å². The van der Waals surface area contributed by atoms with Gasteiger partial charge in [0.2, 0.25) is 0 Å². The first-order chi connectivity index (χ1) is 18.8. The Balaban J connectivity index is 1.68. The van der Waals surface area contributed by atoms with Crippen LogP contribution in [0.4, 0.5) is 0 Å². The number of hydrogen-bond donors (Lipinski definition) is 0. The lowest BCUT2D eigenvalue weighted by Gasteiger charge is -2.63. The second kappa shape index (κ2) is 9.74. The van der Waals surface area contributed by atoms with E-state index in [2.05, 4.69) is 6.92 Å². The summed E-state index contributed by atoms with van der Waals surface area (Å²) in [5.74, 6) is -2.32. The molecule has 40 heavy (non-hydrogen) atoms. The molecule has 7 atom stereocenters. The third-order valence-electron chi connectivity index (χ3n) is 10.8. The van der Waals surface area contributed by atoms with Crippen LogP contribution in [0.2, 0.25) is 0 Å². The molecule has 0 N–H and O–H groups in total. The highest BCUT2D eigenvalue weighted by Crippen LogP contribution is 2.68. The zero-order valence-electron chi connectivity index (χ0n) is 24.5. The van der Waals surface area contributed by atoms with Gasteiger partial charge in [-0.1, -0.05) is 39.3 Å². The fourth-order valence-corrected chi connectivity index (χ4v) is 8.52. The van der Waals surface area contributed by atoms with Gasteiger partial charge in [0, 0.05) is 33.8 Å². The van der Waals surface area contributed by atoms with E-state index in [1.165, 1.54) is 7.11 Å². The smallest absolute Gasteiger partial charge is 0.333 e. The number of allylic oxidation sites excluding steroid dienone is 2. The molecule has 3 fully saturated rings. The molecule has 1 aliphatic heterocycles. The summed E-state index contributed by atoms with van der Waals surface area (Å²) < 4.78 is 22.5. The Morgan fingerprint density at radius 3 is 2.52 bits per heavy atom. The number of ketones is 1. The van der Waals surface area contributed by atoms with Crippen LogP contribution in [0.1, 0.15) is 85.3 Å². The molecule has 2 heterocycles. The van der Waals surface area contributed by atoms with Gasteiger partial charge in [0.25, 0.3) is 0 Å². The maximum atomic E-state index is 14.5. The summed E-state index contributed by atoms with van der Waals surface area (Å²) in [6.45, 7) is 11.6. The van der Waals surface area contributed by atoms with Gasteiger partial charge in [-0.25, -0.2) is 4.79 Å². The SMILES string of the molecule is C/C=C(/C)C(=O)O[C@@H]1[C@H]2CC3=C4CC(=O)O[C@@H](c5ccoc5)[C@]4(C)CCC3[C@@](C)(C2=O)[C@@H](CC(=O)OC)C1(C)C. The van der Waals surface area contributed by atoms with Gasteiger partial charge in [0.1, 0.15) is 18.0 Å². The minimum absolute atomic E-state index is 0.0272. The van der Waals surface area contributed by atoms with Crippen LogP contribution >= 0.6 is 0 Å². The van der Waals surface area contributed by atoms with Crippen molar-refractivity contribution < 1.29 is 37.8 Å². The molecule has 5 rings (SSSR count). The Morgan fingerprint density at radius 2 is 1.90 bits per heavy atom. The average Bonchev–Trinajstić information content (AvgIpc) is 3.45. The normalized spacial score (nSPS) is 36.8. The van der Waals surface area contributed by atoms with Gasteiger partial charge in [0.05, 0.1) is 32.0 Å². The fourth-order valence-electron chi connectivity index (χ4n) is 8.52. The van der Waals surface area contributed by atoms with Gasteiger partial charge < -0.3 is 18.6 Å². The minimum atomic E-state index is -0.894. The zero-order chi connectivity index (χ0) is 29.2. The summed E-state index contributed by atoms with van der Waals surface area (Å²) in [4.78, 5) is 53.3. The summed E-state index contributed by atoms with van der Waals surface area (Å²) >= 11 is 0. The van der Waals surface area contributed by atoms with Crippen molar-refractivity contribution in [1.29, 1.82) is 0 Å². The topological polar surface area (TPSA) is 109 Å². The maximum absolute atomic E-state index is 14.5. The van der Waals surface area contributed by atoms with Crippen molar-refractivity contribution in [3.8, 4) is 0 Å². The monoisotopic (exact) mass is 552 g/mol. The van der Waals surface area contributed by atoms with E-state index in [1.807, 2.05) is 26.8 Å². The largest absolute Gasteiger partial charge is 0.472 e. The number of carbonyl (C=O) groups is 4. The number of fused-ring (bicyclic) bond motifs is 5. The average molecular weight is 553 g/mol. The Morgan fingerprint density at radius 1 is 1.18 bits per heavy atom. The predicted octanol–water partition coefficient (Wildman–Crippen LogP) is 5.67. The van der Waals surface area contributed by atoms with Gasteiger partial charge in [-0.15, -0.1) is 0 Å². The molecule has 3 aliphatic carbocycles. The summed E-state index contributed by atoms with van der Waals surface area (Å²) in [7, 11) is 1.35. The number of furan rings is 1. The summed E-state index contributed by atoms with van der Waals surface area (Å²) in [6, 6.07) is 1.83. The van der Waals surface area contributed by atoms with Gasteiger partial charge in [0.15, 0.2) is 0 Å². The standard InChI is InChI=1S/C32H40O8/c1-8-17(2)29(36)40-28-20-13-19-21(32(6,26(20)35)23(30(28,3)4)15-24(33)37-7)9-11-31(5)22(19)14-25(34)39-27(31)18-10-12-38-16-18/h8,10,12,16,20-21,23,27-28H,9,11,13-15H2,1-7H3/b17-8-/t20-,21?,23-,27-,28+,31+,32+/m0/s1. The van der Waals surface area contributed by atoms with E-state index >= 15 is 0 Å². The molecule has 0 aromatic carbocycles. The first kappa shape index (κ1) is 28.4. The quantitative estimate of drug-likeness (QED) is 0.199. The van der Waals surface area contributed by atoms with E-state index in [4.69, 9.17) is 18.6 Å². The van der Waals surface area contributed by atoms with Crippen LogP contribution < -0.4 is 0 Å². The first-order valence-corrected chi connectivity index (χ1v) is 14.2. The van der Waals surface area contributed by atoms with E-state index in [0.29, 0.717) is 18.4 Å². The minimum Gasteiger partial charge on any atom is -0.472 e. The van der Waals surface area contributed by atoms with Crippen molar-refractivity contribution in [3.63, 3.8) is 0 Å². The van der Waals surface area contributed by atoms with E-state index < -0.39 is 52.2 Å². The maximum Gasteiger partial charge on any atom is 0.333 e. The molecule has 0 amide bonds. The molecule has 2 bridgehead atoms. The number of cyclic esters (lactones) is 1. The molecule has 2 saturated carbocycles. The van der Waals surface area contributed by atoms with Crippen molar-refractivity contribution in [2.45, 2.75) is 85.9 Å². The summed E-state index contributed by atoms with van der Waals surface area (Å²) in [5, 5.41) is 0. The van der Waals surface area contributed by atoms with Crippen LogP contribution in [0.25, 0.3) is 0 Å². The molecule has 4 aliphatic rings. The van der Waals surface area contributed by atoms with Crippen LogP contribution in [0.3, 0.4) is 0 Å². The molecule has 1 saturated heterocycles. The zero-order valence-corrected chi connectivity index (χ0v) is 24.5. The lowest BCUT2D eigenvalue weighted by Crippen LogP contribution is -2.66. The number of ether oxygens (including phenoxy) is 3. The molecule has 1 aromatic rings. The number of rotatable bonds is 5. The Kier molecular flexibility index (Phi) is 6.91. The number of esters is 3. The van der Waals surface area contributed by atoms with Crippen LogP contribution in [0, 0.1) is 34.0 Å². The number of methoxy groups -OCH3 is 1. The molecule has 216 valence electrons. The molecule has 8 heteroatoms. The highest BCUT2D eigenvalue weighted by atomic mass is 16.6. The fraction of sp³-hybridized carbons (Fsp3) is 0.625. The molecule has 0 radical (unpaired) electrons. The Bertz CT molecular complexity index is 1300. The highest BCUT2D eigenvalue weighted by molar-refractivity contribution is 5.93. The number of carbonyl (C=O) groups excluding carboxylic acids is 4. The van der Waals surface area contributed by atoms with Crippen LogP contribution in [0.5, 0.6) is 0 Å². The van der Waals surface area contributed by atoms with E-state index in [-0.39, 0.29) is 30.5 Å². The van der Waals surface area contributed by atoms with Crippen molar-refractivity contribution in [1.82, 2.24) is 0 Å². The lowest BCUT2D eigenvalue weighted by atomic mass is 9.40. The van der Waals surface area contributed by atoms with Crippen molar-refractivity contribution in [2.24, 2.45) is 34.0 Å². The van der Waals surface area contributed by atoms with E-state index in [9.17, 15) is 19.2 Å². The molecular weight excluding hydrogens is 512 g/mol. The van der Waals surface area contributed by atoms with Crippen LogP contribution in [-0.2, 0) is 33.4 Å². The number of hydrogen-bond acceptors (Lipinski definition) is 8. The van der Waals surface area contributed by atoms with Gasteiger partial charge in [-0.2, -0.15) is 0 Å². The predicted molar refractivity (Wildman–Crippen MR) is 144 cm³/mol. The third kappa shape index (κ3) is 4.00. The lowest BCUT2D eigenvalue weighted by molar-refractivity contribution is -0.197. The first-order valence-electron chi connectivity index (χ1n) is 14.2. The number of Topliss-reactive ketones (excluding diaryl/α,β-unsaturated/α-hetero) is 1. The van der Waals surface area contributed by atoms with Crippen molar-refractivity contribution in [2.75, 3.05) is 7.11 Å². The Hall–Kier alpha value is -3.16. The Labute approximate surface area is 235 Å². The molecule has 8 nitrogen and oxygen atoms in total. The molecular formula is C32H40O8.